The molecule has 0 saturated carbocycles. The van der Waals surface area contributed by atoms with E-state index in [0.717, 1.165) is 21.2 Å². The molecule has 0 bridgehead atoms. The third-order valence-electron chi connectivity index (χ3n) is 4.88. The van der Waals surface area contributed by atoms with Crippen molar-refractivity contribution in [2.45, 2.75) is 6.54 Å². The number of methoxy groups -OCH3 is 1. The Morgan fingerprint density at radius 1 is 1.03 bits per heavy atom. The van der Waals surface area contributed by atoms with Gasteiger partial charge in [-0.3, -0.25) is 9.69 Å². The number of para-hydroxylation sites is 2. The highest BCUT2D eigenvalue weighted by Crippen LogP contribution is 2.33. The maximum absolute atomic E-state index is 13.6. The first-order valence-electron chi connectivity index (χ1n) is 9.51. The Balaban J connectivity index is 1.59. The molecule has 0 aliphatic heterocycles. The van der Waals surface area contributed by atoms with Gasteiger partial charge in [0.2, 0.25) is 0 Å². The van der Waals surface area contributed by atoms with E-state index in [-0.39, 0.29) is 11.7 Å². The number of thiazole rings is 1. The third kappa shape index (κ3) is 3.31. The summed E-state index contributed by atoms with van der Waals surface area (Å²) in [5, 5.41) is 1.46. The van der Waals surface area contributed by atoms with Gasteiger partial charge in [-0.15, -0.1) is 0 Å². The van der Waals surface area contributed by atoms with Gasteiger partial charge in [-0.05, 0) is 29.8 Å². The van der Waals surface area contributed by atoms with Gasteiger partial charge in [0, 0.05) is 5.39 Å². The number of nitrogens with zero attached hydrogens (tertiary/aromatic N) is 2. The quantitative estimate of drug-likeness (QED) is 0.359. The molecule has 0 aliphatic rings. The normalized spacial score (nSPS) is 11.1. The predicted molar refractivity (Wildman–Crippen MR) is 119 cm³/mol. The highest BCUT2D eigenvalue weighted by atomic mass is 32.1. The molecule has 0 spiro atoms. The third-order valence-corrected chi connectivity index (χ3v) is 5.94. The van der Waals surface area contributed by atoms with Gasteiger partial charge in [-0.2, -0.15) is 0 Å². The maximum Gasteiger partial charge on any atom is 0.296 e. The standard InChI is InChI=1S/C24H18N2O3S/c1-28-19-12-7-10-17-14-20(29-22(17)19)23(27)26(15-16-8-3-2-4-9-16)24-25-18-11-5-6-13-21(18)30-24/h2-14H,15H2,1H3. The minimum atomic E-state index is -0.240. The van der Waals surface area contributed by atoms with Crippen molar-refractivity contribution in [2.75, 3.05) is 12.0 Å². The van der Waals surface area contributed by atoms with Gasteiger partial charge in [-0.1, -0.05) is 65.9 Å². The topological polar surface area (TPSA) is 55.6 Å². The number of amides is 1. The van der Waals surface area contributed by atoms with Crippen LogP contribution in [0.5, 0.6) is 5.75 Å². The van der Waals surface area contributed by atoms with Crippen LogP contribution < -0.4 is 9.64 Å². The zero-order valence-corrected chi connectivity index (χ0v) is 17.1. The fraction of sp³-hybridized carbons (Fsp3) is 0.0833. The summed E-state index contributed by atoms with van der Waals surface area (Å²) in [4.78, 5) is 19.9. The van der Waals surface area contributed by atoms with Gasteiger partial charge in [0.25, 0.3) is 5.91 Å². The molecular formula is C24H18N2O3S. The van der Waals surface area contributed by atoms with Crippen LogP contribution in [0.2, 0.25) is 0 Å². The molecular weight excluding hydrogens is 396 g/mol. The summed E-state index contributed by atoms with van der Waals surface area (Å²) >= 11 is 1.49. The lowest BCUT2D eigenvalue weighted by Crippen LogP contribution is -2.30. The Hall–Kier alpha value is -3.64. The Morgan fingerprint density at radius 3 is 2.63 bits per heavy atom. The summed E-state index contributed by atoms with van der Waals surface area (Å²) < 4.78 is 12.3. The van der Waals surface area contributed by atoms with E-state index in [9.17, 15) is 4.79 Å². The first kappa shape index (κ1) is 18.4. The lowest BCUT2D eigenvalue weighted by Gasteiger charge is -2.18. The van der Waals surface area contributed by atoms with E-state index in [1.165, 1.54) is 11.3 Å². The number of hydrogen-bond acceptors (Lipinski definition) is 5. The monoisotopic (exact) mass is 414 g/mol. The largest absolute Gasteiger partial charge is 0.493 e. The Kier molecular flexibility index (Phi) is 4.69. The van der Waals surface area contributed by atoms with Crippen molar-refractivity contribution < 1.29 is 13.9 Å². The number of ether oxygens (including phenoxy) is 1. The van der Waals surface area contributed by atoms with Crippen LogP contribution in [0.3, 0.4) is 0 Å². The Labute approximate surface area is 177 Å². The van der Waals surface area contributed by atoms with Gasteiger partial charge in [-0.25, -0.2) is 4.98 Å². The smallest absolute Gasteiger partial charge is 0.296 e. The fourth-order valence-corrected chi connectivity index (χ4v) is 4.37. The number of hydrogen-bond donors (Lipinski definition) is 0. The molecule has 0 unspecified atom stereocenters. The molecule has 2 heterocycles. The number of carbonyl (C=O) groups excluding carboxylic acids is 1. The molecule has 5 rings (SSSR count). The number of rotatable bonds is 5. The van der Waals surface area contributed by atoms with E-state index in [0.29, 0.717) is 23.0 Å². The number of aromatic nitrogens is 1. The number of fused-ring (bicyclic) bond motifs is 2. The summed E-state index contributed by atoms with van der Waals surface area (Å²) in [5.74, 6) is 0.613. The lowest BCUT2D eigenvalue weighted by atomic mass is 10.2. The summed E-state index contributed by atoms with van der Waals surface area (Å²) in [6.07, 6.45) is 0. The molecule has 30 heavy (non-hydrogen) atoms. The van der Waals surface area contributed by atoms with Crippen molar-refractivity contribution in [3.63, 3.8) is 0 Å². The average molecular weight is 414 g/mol. The van der Waals surface area contributed by atoms with Crippen molar-refractivity contribution >= 4 is 43.6 Å². The Bertz CT molecular complexity index is 1310. The first-order chi connectivity index (χ1) is 14.7. The molecule has 5 aromatic rings. The first-order valence-corrected chi connectivity index (χ1v) is 10.3. The molecule has 0 radical (unpaired) electrons. The molecule has 2 aromatic heterocycles. The molecule has 148 valence electrons. The van der Waals surface area contributed by atoms with Crippen LogP contribution in [0.4, 0.5) is 5.13 Å². The molecule has 0 atom stereocenters. The zero-order chi connectivity index (χ0) is 20.5. The molecule has 0 aliphatic carbocycles. The van der Waals surface area contributed by atoms with E-state index < -0.39 is 0 Å². The van der Waals surface area contributed by atoms with Gasteiger partial charge < -0.3 is 9.15 Å². The van der Waals surface area contributed by atoms with E-state index in [1.807, 2.05) is 72.8 Å². The SMILES string of the molecule is COc1cccc2cc(C(=O)N(Cc3ccccc3)c3nc4ccccc4s3)oc12. The summed E-state index contributed by atoms with van der Waals surface area (Å²) in [5.41, 5.74) is 2.45. The van der Waals surface area contributed by atoms with Gasteiger partial charge >= 0.3 is 0 Å². The van der Waals surface area contributed by atoms with Gasteiger partial charge in [0.05, 0.1) is 23.9 Å². The molecule has 0 saturated heterocycles. The lowest BCUT2D eigenvalue weighted by molar-refractivity contribution is 0.0960. The van der Waals surface area contributed by atoms with Crippen LogP contribution in [0.25, 0.3) is 21.2 Å². The number of benzene rings is 3. The fourth-order valence-electron chi connectivity index (χ4n) is 3.40. The van der Waals surface area contributed by atoms with E-state index >= 15 is 0 Å². The van der Waals surface area contributed by atoms with Crippen LogP contribution in [-0.2, 0) is 6.54 Å². The maximum atomic E-state index is 13.6. The minimum Gasteiger partial charge on any atom is -0.493 e. The average Bonchev–Trinajstić information content (AvgIpc) is 3.41. The van der Waals surface area contributed by atoms with Crippen molar-refractivity contribution in [3.05, 3.63) is 90.2 Å². The second-order valence-corrected chi connectivity index (χ2v) is 7.84. The van der Waals surface area contributed by atoms with Crippen molar-refractivity contribution in [3.8, 4) is 5.75 Å². The van der Waals surface area contributed by atoms with Crippen LogP contribution in [0.15, 0.2) is 83.3 Å². The van der Waals surface area contributed by atoms with Crippen molar-refractivity contribution in [1.82, 2.24) is 4.98 Å². The number of anilines is 1. The van der Waals surface area contributed by atoms with E-state index in [1.54, 1.807) is 18.1 Å². The molecule has 0 fully saturated rings. The molecule has 0 N–H and O–H groups in total. The molecule has 6 heteroatoms. The molecule has 3 aromatic carbocycles. The minimum absolute atomic E-state index is 0.240. The van der Waals surface area contributed by atoms with E-state index in [2.05, 4.69) is 0 Å². The van der Waals surface area contributed by atoms with Gasteiger partial charge in [0.15, 0.2) is 22.2 Å². The summed E-state index contributed by atoms with van der Waals surface area (Å²) in [7, 11) is 1.58. The van der Waals surface area contributed by atoms with Crippen LogP contribution in [0, 0.1) is 0 Å². The van der Waals surface area contributed by atoms with Crippen molar-refractivity contribution in [2.24, 2.45) is 0 Å². The van der Waals surface area contributed by atoms with Gasteiger partial charge in [0.1, 0.15) is 0 Å². The Morgan fingerprint density at radius 2 is 1.83 bits per heavy atom. The van der Waals surface area contributed by atoms with E-state index in [4.69, 9.17) is 14.1 Å². The number of carbonyl (C=O) groups is 1. The van der Waals surface area contributed by atoms with Crippen LogP contribution in [-0.4, -0.2) is 18.0 Å². The van der Waals surface area contributed by atoms with Crippen LogP contribution >= 0.6 is 11.3 Å². The number of furan rings is 1. The summed E-state index contributed by atoms with van der Waals surface area (Å²) in [6, 6.07) is 25.1. The second kappa shape index (κ2) is 7.65. The van der Waals surface area contributed by atoms with Crippen molar-refractivity contribution in [1.29, 1.82) is 0 Å². The van der Waals surface area contributed by atoms with Crippen LogP contribution in [0.1, 0.15) is 16.1 Å². The zero-order valence-electron chi connectivity index (χ0n) is 16.2. The molecule has 1 amide bonds. The summed E-state index contributed by atoms with van der Waals surface area (Å²) in [6.45, 7) is 0.397. The highest BCUT2D eigenvalue weighted by molar-refractivity contribution is 7.22. The highest BCUT2D eigenvalue weighted by Gasteiger charge is 2.25. The predicted octanol–water partition coefficient (Wildman–Crippen LogP) is 5.90. The second-order valence-electron chi connectivity index (χ2n) is 6.83. The molecule has 5 nitrogen and oxygen atoms in total.